The molecule has 5 heteroatoms. The summed E-state index contributed by atoms with van der Waals surface area (Å²) >= 11 is 0. The van der Waals surface area contributed by atoms with Crippen molar-refractivity contribution in [3.8, 4) is 17.6 Å². The molecule has 0 aliphatic carbocycles. The Balaban J connectivity index is 1.97. The molecule has 0 radical (unpaired) electrons. The van der Waals surface area contributed by atoms with Crippen molar-refractivity contribution in [3.63, 3.8) is 0 Å². The number of hydrogen-bond acceptors (Lipinski definition) is 5. The number of fused-ring (bicyclic) bond motifs is 1. The molecule has 2 aromatic rings. The van der Waals surface area contributed by atoms with E-state index in [1.807, 2.05) is 0 Å². The summed E-state index contributed by atoms with van der Waals surface area (Å²) in [6.07, 6.45) is 6.85. The predicted molar refractivity (Wildman–Crippen MR) is 105 cm³/mol. The van der Waals surface area contributed by atoms with E-state index in [1.165, 1.54) is 5.56 Å². The lowest BCUT2D eigenvalue weighted by Crippen LogP contribution is -2.32. The average molecular weight is 377 g/mol. The monoisotopic (exact) mass is 377 g/mol. The maximum atomic E-state index is 10.6. The van der Waals surface area contributed by atoms with Crippen molar-refractivity contribution < 1.29 is 14.6 Å². The summed E-state index contributed by atoms with van der Waals surface area (Å²) in [5.74, 6) is 6.39. The average Bonchev–Trinajstić information content (AvgIpc) is 2.71. The van der Waals surface area contributed by atoms with Crippen LogP contribution in [0.3, 0.4) is 0 Å². The van der Waals surface area contributed by atoms with Crippen LogP contribution >= 0.6 is 0 Å². The summed E-state index contributed by atoms with van der Waals surface area (Å²) in [5.41, 5.74) is 4.20. The van der Waals surface area contributed by atoms with Crippen LogP contribution in [0.1, 0.15) is 68.1 Å². The summed E-state index contributed by atoms with van der Waals surface area (Å²) < 4.78 is 5.97. The highest BCUT2D eigenvalue weighted by Gasteiger charge is 2.35. The minimum absolute atomic E-state index is 0.145. The van der Waals surface area contributed by atoms with E-state index in [0.29, 0.717) is 5.56 Å². The fourth-order valence-electron chi connectivity index (χ4n) is 3.82. The van der Waals surface area contributed by atoms with Gasteiger partial charge in [0.05, 0.1) is 12.2 Å². The first-order valence-electron chi connectivity index (χ1n) is 9.84. The Morgan fingerprint density at radius 3 is 2.50 bits per heavy atom. The Bertz CT molecular complexity index is 919. The van der Waals surface area contributed by atoms with Gasteiger partial charge in [0.15, 0.2) is 0 Å². The third-order valence-electron chi connectivity index (χ3n) is 5.70. The highest BCUT2D eigenvalue weighted by molar-refractivity contribution is 5.66. The number of carboxylic acid groups (broad SMARTS) is 1. The molecule has 0 N–H and O–H groups in total. The number of hydrogen-bond donors (Lipinski definition) is 0. The number of aliphatic carboxylic acids is 1. The molecule has 1 aliphatic rings. The zero-order chi connectivity index (χ0) is 20.1. The third-order valence-corrected chi connectivity index (χ3v) is 5.70. The fourth-order valence-corrected chi connectivity index (χ4v) is 3.82. The van der Waals surface area contributed by atoms with E-state index in [0.717, 1.165) is 49.2 Å². The van der Waals surface area contributed by atoms with Gasteiger partial charge in [0.1, 0.15) is 11.6 Å². The number of aromatic nitrogens is 2. The number of carbonyl (C=O) groups is 1. The van der Waals surface area contributed by atoms with Crippen LogP contribution in [-0.4, -0.2) is 22.5 Å². The second-order valence-electron chi connectivity index (χ2n) is 7.13. The van der Waals surface area contributed by atoms with Crippen LogP contribution in [0.15, 0.2) is 24.5 Å². The summed E-state index contributed by atoms with van der Waals surface area (Å²) in [6, 6.07) is 4.33. The zero-order valence-electron chi connectivity index (χ0n) is 16.7. The molecule has 3 rings (SSSR count). The van der Waals surface area contributed by atoms with Crippen LogP contribution in [0.25, 0.3) is 0 Å². The van der Waals surface area contributed by atoms with Gasteiger partial charge in [0.25, 0.3) is 0 Å². The van der Waals surface area contributed by atoms with E-state index < -0.39 is 5.97 Å². The van der Waals surface area contributed by atoms with Gasteiger partial charge in [-0.05, 0) is 43.4 Å². The van der Waals surface area contributed by atoms with Gasteiger partial charge in [-0.2, -0.15) is 0 Å². The fraction of sp³-hybridized carbons (Fsp3) is 0.435. The molecule has 0 amide bonds. The number of benzene rings is 1. The molecule has 5 nitrogen and oxygen atoms in total. The van der Waals surface area contributed by atoms with E-state index in [1.54, 1.807) is 12.4 Å². The van der Waals surface area contributed by atoms with E-state index in [-0.39, 0.29) is 17.7 Å². The Morgan fingerprint density at radius 2 is 1.89 bits per heavy atom. The van der Waals surface area contributed by atoms with Crippen LogP contribution in [0.5, 0.6) is 5.75 Å². The molecule has 1 aliphatic heterocycles. The van der Waals surface area contributed by atoms with Gasteiger partial charge in [0, 0.05) is 41.3 Å². The summed E-state index contributed by atoms with van der Waals surface area (Å²) in [4.78, 5) is 18.7. The Kier molecular flexibility index (Phi) is 5.99. The molecule has 0 saturated heterocycles. The number of nitrogens with zero attached hydrogens (tertiary/aromatic N) is 2. The Labute approximate surface area is 166 Å². The smallest absolute Gasteiger partial charge is 0.133 e. The van der Waals surface area contributed by atoms with Crippen LogP contribution in [-0.2, 0) is 23.1 Å². The summed E-state index contributed by atoms with van der Waals surface area (Å²) in [6.45, 7) is 7.35. The van der Waals surface area contributed by atoms with Gasteiger partial charge >= 0.3 is 0 Å². The van der Waals surface area contributed by atoms with Crippen LogP contribution in [0.2, 0.25) is 0 Å². The topological polar surface area (TPSA) is 75.1 Å². The van der Waals surface area contributed by atoms with Crippen molar-refractivity contribution in [3.05, 3.63) is 52.6 Å². The first kappa shape index (κ1) is 19.9. The lowest BCUT2D eigenvalue weighted by atomic mass is 9.71. The van der Waals surface area contributed by atoms with E-state index in [9.17, 15) is 9.90 Å². The second kappa shape index (κ2) is 8.43. The minimum atomic E-state index is -1.20. The van der Waals surface area contributed by atoms with Crippen molar-refractivity contribution in [2.75, 3.05) is 6.61 Å². The Hall–Kier alpha value is -2.87. The van der Waals surface area contributed by atoms with Crippen molar-refractivity contribution in [2.24, 2.45) is 0 Å². The van der Waals surface area contributed by atoms with Crippen LogP contribution in [0, 0.1) is 11.8 Å². The van der Waals surface area contributed by atoms with Gasteiger partial charge in [0.2, 0.25) is 0 Å². The first-order chi connectivity index (χ1) is 13.5. The predicted octanol–water partition coefficient (Wildman–Crippen LogP) is 2.57. The first-order valence-corrected chi connectivity index (χ1v) is 9.84. The van der Waals surface area contributed by atoms with Gasteiger partial charge in [-0.3, -0.25) is 0 Å². The zero-order valence-corrected chi connectivity index (χ0v) is 16.7. The molecule has 2 heterocycles. The third kappa shape index (κ3) is 4.01. The maximum Gasteiger partial charge on any atom is 0.133 e. The molecular formula is C23H25N2O3-. The maximum absolute atomic E-state index is 10.6. The van der Waals surface area contributed by atoms with Gasteiger partial charge in [-0.25, -0.2) is 9.97 Å². The molecule has 1 aromatic heterocycles. The molecule has 0 unspecified atom stereocenters. The Morgan fingerprint density at radius 1 is 1.18 bits per heavy atom. The van der Waals surface area contributed by atoms with Crippen LogP contribution < -0.4 is 9.84 Å². The van der Waals surface area contributed by atoms with E-state index >= 15 is 0 Å². The van der Waals surface area contributed by atoms with Gasteiger partial charge in [-0.1, -0.05) is 32.6 Å². The van der Waals surface area contributed by atoms with Gasteiger partial charge < -0.3 is 14.6 Å². The molecule has 0 bridgehead atoms. The van der Waals surface area contributed by atoms with Gasteiger partial charge in [-0.15, -0.1) is 0 Å². The number of aryl methyl sites for hydroxylation is 1. The number of ether oxygens (including phenoxy) is 1. The number of rotatable bonds is 5. The molecule has 1 aromatic carbocycles. The van der Waals surface area contributed by atoms with Crippen molar-refractivity contribution >= 4 is 5.97 Å². The number of carboxylic acids is 1. The standard InChI is InChI=1S/C23H26N2O3/c1-4-17-12-20-19(23(5-2,6-3)9-10-28-20)11-18(17)8-7-16-14-24-21(25-15-16)13-22(26)27/h11-12,14-15H,4-6,9-10,13H2,1-3H3,(H,26,27)/p-1. The summed E-state index contributed by atoms with van der Waals surface area (Å²) in [5, 5.41) is 10.6. The molecule has 0 spiro atoms. The largest absolute Gasteiger partial charge is 0.550 e. The molecule has 0 saturated carbocycles. The van der Waals surface area contributed by atoms with Crippen molar-refractivity contribution in [1.82, 2.24) is 9.97 Å². The van der Waals surface area contributed by atoms with Crippen molar-refractivity contribution in [1.29, 1.82) is 0 Å². The SMILES string of the molecule is CCc1cc2c(cc1C#Cc1cnc(CC(=O)[O-])nc1)C(CC)(CC)CCO2. The molecular weight excluding hydrogens is 352 g/mol. The molecule has 28 heavy (non-hydrogen) atoms. The number of carbonyl (C=O) groups excluding carboxylic acids is 1. The minimum Gasteiger partial charge on any atom is -0.550 e. The quantitative estimate of drug-likeness (QED) is 0.749. The van der Waals surface area contributed by atoms with Crippen molar-refractivity contribution in [2.45, 2.75) is 58.3 Å². The summed E-state index contributed by atoms with van der Waals surface area (Å²) in [7, 11) is 0. The van der Waals surface area contributed by atoms with Crippen LogP contribution in [0.4, 0.5) is 0 Å². The van der Waals surface area contributed by atoms with E-state index in [4.69, 9.17) is 4.74 Å². The molecule has 146 valence electrons. The normalized spacial score (nSPS) is 14.4. The highest BCUT2D eigenvalue weighted by Crippen LogP contribution is 2.44. The lowest BCUT2D eigenvalue weighted by Gasteiger charge is -2.38. The second-order valence-corrected chi connectivity index (χ2v) is 7.13. The molecule has 0 atom stereocenters. The molecule has 0 fully saturated rings. The highest BCUT2D eigenvalue weighted by atomic mass is 16.5. The van der Waals surface area contributed by atoms with E-state index in [2.05, 4.69) is 54.7 Å². The lowest BCUT2D eigenvalue weighted by molar-refractivity contribution is -0.304.